The Morgan fingerprint density at radius 2 is 2.22 bits per heavy atom. The zero-order chi connectivity index (χ0) is 7.70. The molecule has 0 aliphatic heterocycles. The normalized spacial score (nSPS) is 6.78. The van der Waals surface area contributed by atoms with Crippen LogP contribution in [0.15, 0.2) is 12.7 Å². The quantitative estimate of drug-likeness (QED) is 0.559. The molecule has 0 aromatic rings. The molecule has 0 aliphatic carbocycles. The Morgan fingerprint density at radius 3 is 2.22 bits per heavy atom. The molecular formula is C6H13NO2. The van der Waals surface area contributed by atoms with Gasteiger partial charge in [0.2, 0.25) is 0 Å². The van der Waals surface area contributed by atoms with Gasteiger partial charge in [-0.2, -0.15) is 0 Å². The van der Waals surface area contributed by atoms with Crippen molar-refractivity contribution in [3.63, 3.8) is 0 Å². The minimum Gasteiger partial charge on any atom is -0.465 e. The van der Waals surface area contributed by atoms with E-state index in [1.54, 1.807) is 0 Å². The Morgan fingerprint density at radius 1 is 1.89 bits per heavy atom. The van der Waals surface area contributed by atoms with Gasteiger partial charge < -0.3 is 10.8 Å². The van der Waals surface area contributed by atoms with Crippen molar-refractivity contribution in [3.05, 3.63) is 12.7 Å². The minimum absolute atomic E-state index is 1.15. The molecule has 0 spiro atoms. The number of unbranched alkanes of at least 4 members (excludes halogenated alkanes) is 1. The molecule has 0 unspecified atom stereocenters. The lowest BCUT2D eigenvalue weighted by Gasteiger charge is -1.72. The van der Waals surface area contributed by atoms with E-state index >= 15 is 0 Å². The highest BCUT2D eigenvalue weighted by Gasteiger charge is 1.65. The second kappa shape index (κ2) is 10.1. The lowest BCUT2D eigenvalue weighted by Crippen LogP contribution is -2.03. The predicted octanol–water partition coefficient (Wildman–Crippen LogP) is 1.60. The molecule has 0 aliphatic rings. The van der Waals surface area contributed by atoms with E-state index in [2.05, 4.69) is 19.2 Å². The van der Waals surface area contributed by atoms with E-state index in [0.29, 0.717) is 0 Å². The monoisotopic (exact) mass is 131 g/mol. The molecule has 0 fully saturated rings. The van der Waals surface area contributed by atoms with E-state index < -0.39 is 6.09 Å². The third-order valence-electron chi connectivity index (χ3n) is 0.493. The van der Waals surface area contributed by atoms with Gasteiger partial charge >= 0.3 is 6.09 Å². The maximum Gasteiger partial charge on any atom is 0.402 e. The molecule has 0 saturated heterocycles. The van der Waals surface area contributed by atoms with Crippen molar-refractivity contribution in [2.45, 2.75) is 19.8 Å². The summed E-state index contributed by atoms with van der Waals surface area (Å²) < 4.78 is 0. The number of nitrogens with two attached hydrogens (primary N) is 1. The van der Waals surface area contributed by atoms with Gasteiger partial charge in [0.1, 0.15) is 0 Å². The van der Waals surface area contributed by atoms with Crippen LogP contribution in [0.1, 0.15) is 19.8 Å². The predicted molar refractivity (Wildman–Crippen MR) is 37.3 cm³/mol. The van der Waals surface area contributed by atoms with Gasteiger partial charge in [0.15, 0.2) is 0 Å². The van der Waals surface area contributed by atoms with Crippen LogP contribution in [-0.2, 0) is 0 Å². The highest BCUT2D eigenvalue weighted by Crippen LogP contribution is 1.82. The third-order valence-corrected chi connectivity index (χ3v) is 0.493. The number of carboxylic acid groups (broad SMARTS) is 1. The van der Waals surface area contributed by atoms with Gasteiger partial charge in [-0.05, 0) is 6.42 Å². The van der Waals surface area contributed by atoms with Gasteiger partial charge in [0.25, 0.3) is 0 Å². The molecule has 0 saturated carbocycles. The number of amides is 1. The molecule has 9 heavy (non-hydrogen) atoms. The Labute approximate surface area is 55.2 Å². The van der Waals surface area contributed by atoms with Crippen molar-refractivity contribution in [3.8, 4) is 0 Å². The van der Waals surface area contributed by atoms with E-state index in [1.807, 2.05) is 6.08 Å². The first kappa shape index (κ1) is 10.9. The van der Waals surface area contributed by atoms with Crippen LogP contribution in [0.5, 0.6) is 0 Å². The maximum absolute atomic E-state index is 8.78. The summed E-state index contributed by atoms with van der Waals surface area (Å²) in [6.07, 6.45) is 2.98. The standard InChI is InChI=1S/C5H10.CH3NO2/c1-3-5-4-2;2-1(3)4/h3H,1,4-5H2,2H3;2H2,(H,3,4). The minimum atomic E-state index is -1.33. The summed E-state index contributed by atoms with van der Waals surface area (Å²) in [6, 6.07) is 0. The highest BCUT2D eigenvalue weighted by molar-refractivity contribution is 5.61. The summed E-state index contributed by atoms with van der Waals surface area (Å²) in [5, 5.41) is 7.19. The molecule has 0 atom stereocenters. The lowest BCUT2D eigenvalue weighted by molar-refractivity contribution is 0.205. The molecule has 0 aromatic heterocycles. The number of carbonyl (C=O) groups is 1. The van der Waals surface area contributed by atoms with E-state index in [-0.39, 0.29) is 0 Å². The number of hydrogen-bond donors (Lipinski definition) is 2. The van der Waals surface area contributed by atoms with Crippen molar-refractivity contribution in [1.82, 2.24) is 0 Å². The van der Waals surface area contributed by atoms with Crippen LogP contribution in [0.25, 0.3) is 0 Å². The van der Waals surface area contributed by atoms with Crippen LogP contribution < -0.4 is 5.73 Å². The first-order valence-corrected chi connectivity index (χ1v) is 2.74. The molecule has 0 rings (SSSR count). The van der Waals surface area contributed by atoms with E-state index in [1.165, 1.54) is 6.42 Å². The van der Waals surface area contributed by atoms with Crippen molar-refractivity contribution in [2.24, 2.45) is 5.73 Å². The van der Waals surface area contributed by atoms with Crippen LogP contribution >= 0.6 is 0 Å². The average molecular weight is 131 g/mol. The fraction of sp³-hybridized carbons (Fsp3) is 0.500. The first-order valence-electron chi connectivity index (χ1n) is 2.74. The molecule has 1 amide bonds. The molecule has 3 N–H and O–H groups in total. The van der Waals surface area contributed by atoms with Crippen LogP contribution in [0.4, 0.5) is 4.79 Å². The topological polar surface area (TPSA) is 63.3 Å². The number of allylic oxidation sites excluding steroid dienone is 1. The summed E-state index contributed by atoms with van der Waals surface area (Å²) in [4.78, 5) is 8.78. The smallest absolute Gasteiger partial charge is 0.402 e. The molecular weight excluding hydrogens is 118 g/mol. The second-order valence-corrected chi connectivity index (χ2v) is 1.42. The van der Waals surface area contributed by atoms with Gasteiger partial charge in [-0.15, -0.1) is 6.58 Å². The summed E-state index contributed by atoms with van der Waals surface area (Å²) in [7, 11) is 0. The van der Waals surface area contributed by atoms with Gasteiger partial charge in [-0.1, -0.05) is 19.4 Å². The van der Waals surface area contributed by atoms with Crippen LogP contribution in [0.2, 0.25) is 0 Å². The molecule has 54 valence electrons. The van der Waals surface area contributed by atoms with Gasteiger partial charge in [-0.25, -0.2) is 4.79 Å². The van der Waals surface area contributed by atoms with Gasteiger partial charge in [0, 0.05) is 0 Å². The van der Waals surface area contributed by atoms with Crippen LogP contribution in [0.3, 0.4) is 0 Å². The summed E-state index contributed by atoms with van der Waals surface area (Å²) in [5.74, 6) is 0. The fourth-order valence-corrected chi connectivity index (χ4v) is 0.204. The zero-order valence-electron chi connectivity index (χ0n) is 5.63. The molecule has 3 heteroatoms. The van der Waals surface area contributed by atoms with Crippen molar-refractivity contribution in [1.29, 1.82) is 0 Å². The van der Waals surface area contributed by atoms with E-state index in [4.69, 9.17) is 9.90 Å². The number of rotatable bonds is 2. The molecule has 0 radical (unpaired) electrons. The molecule has 3 nitrogen and oxygen atoms in total. The van der Waals surface area contributed by atoms with Gasteiger partial charge in [0.05, 0.1) is 0 Å². The van der Waals surface area contributed by atoms with Crippen molar-refractivity contribution < 1.29 is 9.90 Å². The molecule has 0 aromatic carbocycles. The van der Waals surface area contributed by atoms with Crippen LogP contribution in [0, 0.1) is 0 Å². The Balaban J connectivity index is 0. The number of primary amides is 1. The highest BCUT2D eigenvalue weighted by atomic mass is 16.4. The zero-order valence-corrected chi connectivity index (χ0v) is 5.63. The molecule has 0 bridgehead atoms. The van der Waals surface area contributed by atoms with Gasteiger partial charge in [-0.3, -0.25) is 0 Å². The SMILES string of the molecule is C=CCCC.NC(=O)O. The number of hydrogen-bond acceptors (Lipinski definition) is 1. The second-order valence-electron chi connectivity index (χ2n) is 1.42. The first-order chi connectivity index (χ1) is 4.15. The summed E-state index contributed by atoms with van der Waals surface area (Å²) >= 11 is 0. The fourth-order valence-electron chi connectivity index (χ4n) is 0.204. The molecule has 0 heterocycles. The lowest BCUT2D eigenvalue weighted by atomic mass is 10.3. The Bertz CT molecular complexity index is 77.1. The van der Waals surface area contributed by atoms with E-state index in [9.17, 15) is 0 Å². The Kier molecular flexibility index (Phi) is 12.2. The van der Waals surface area contributed by atoms with E-state index in [0.717, 1.165) is 6.42 Å². The van der Waals surface area contributed by atoms with Crippen molar-refractivity contribution >= 4 is 6.09 Å². The largest absolute Gasteiger partial charge is 0.465 e. The average Bonchev–Trinajstić information content (AvgIpc) is 1.66. The Hall–Kier alpha value is -0.990. The summed E-state index contributed by atoms with van der Waals surface area (Å²) in [5.41, 5.74) is 4.03. The maximum atomic E-state index is 8.78. The van der Waals surface area contributed by atoms with Crippen LogP contribution in [-0.4, -0.2) is 11.2 Å². The third kappa shape index (κ3) is 172. The van der Waals surface area contributed by atoms with Crippen molar-refractivity contribution in [2.75, 3.05) is 0 Å². The summed E-state index contributed by atoms with van der Waals surface area (Å²) in [6.45, 7) is 5.69.